The quantitative estimate of drug-likeness (QED) is 0.463. The molecule has 2 unspecified atom stereocenters. The number of rotatable bonds is 3. The van der Waals surface area contributed by atoms with Gasteiger partial charge in [-0.3, -0.25) is 9.59 Å². The van der Waals surface area contributed by atoms with Gasteiger partial charge in [0.2, 0.25) is 0 Å². The van der Waals surface area contributed by atoms with Gasteiger partial charge in [0.1, 0.15) is 17.5 Å². The molecule has 0 spiro atoms. The van der Waals surface area contributed by atoms with Crippen molar-refractivity contribution in [3.05, 3.63) is 29.1 Å². The molecule has 1 aromatic rings. The highest BCUT2D eigenvalue weighted by Gasteiger charge is 2.49. The highest BCUT2D eigenvalue weighted by Crippen LogP contribution is 2.46. The largest absolute Gasteiger partial charge is 0.484 e. The topological polar surface area (TPSA) is 43.4 Å². The highest BCUT2D eigenvalue weighted by molar-refractivity contribution is 6.12. The molecule has 138 valence electrons. The second-order valence-electron chi connectivity index (χ2n) is 6.59. The van der Waals surface area contributed by atoms with Crippen LogP contribution in [0.5, 0.6) is 5.75 Å². The maximum Gasteiger partial charge on any atom is 0.422 e. The highest BCUT2D eigenvalue weighted by atomic mass is 19.4. The number of hydrogen-bond donors (Lipinski definition) is 0. The van der Waals surface area contributed by atoms with E-state index in [2.05, 4.69) is 11.8 Å². The number of carbonyl (C=O) groups is 2. The van der Waals surface area contributed by atoms with Gasteiger partial charge in [-0.15, -0.1) is 5.92 Å². The van der Waals surface area contributed by atoms with Gasteiger partial charge in [0.15, 0.2) is 18.2 Å². The molecule has 7 heteroatoms. The number of halogens is 4. The normalized spacial score (nSPS) is 25.0. The third-order valence-corrected chi connectivity index (χ3v) is 4.85. The van der Waals surface area contributed by atoms with Crippen molar-refractivity contribution >= 4 is 11.6 Å². The molecule has 0 saturated heterocycles. The van der Waals surface area contributed by atoms with Gasteiger partial charge in [0.25, 0.3) is 0 Å². The fourth-order valence-electron chi connectivity index (χ4n) is 3.76. The van der Waals surface area contributed by atoms with E-state index in [0.717, 1.165) is 12.1 Å². The number of hydrogen-bond acceptors (Lipinski definition) is 3. The standard InChI is InChI=1S/C19H16F4O3/c1-2-3-10-6-13(20)15(14(7-10)26-9-19(21,22)23)16-17(24)11-4-5-12(8-11)18(16)25/h6-7,11-12,16H,4-5,8-9H2,1H3. The van der Waals surface area contributed by atoms with E-state index in [1.807, 2.05) is 0 Å². The maximum atomic E-state index is 14.7. The fraction of sp³-hybridized carbons (Fsp3) is 0.474. The lowest BCUT2D eigenvalue weighted by Crippen LogP contribution is -2.35. The molecule has 2 fully saturated rings. The Morgan fingerprint density at radius 1 is 1.15 bits per heavy atom. The molecule has 3 rings (SSSR count). The summed E-state index contributed by atoms with van der Waals surface area (Å²) in [6, 6.07) is 2.17. The van der Waals surface area contributed by atoms with Crippen LogP contribution in [0, 0.1) is 29.5 Å². The van der Waals surface area contributed by atoms with Gasteiger partial charge in [-0.2, -0.15) is 13.2 Å². The van der Waals surface area contributed by atoms with Gasteiger partial charge in [0.05, 0.1) is 0 Å². The number of benzene rings is 1. The summed E-state index contributed by atoms with van der Waals surface area (Å²) < 4.78 is 57.2. The van der Waals surface area contributed by atoms with Gasteiger partial charge in [-0.1, -0.05) is 5.92 Å². The predicted octanol–water partition coefficient (Wildman–Crippen LogP) is 3.79. The van der Waals surface area contributed by atoms with Crippen LogP contribution in [0.15, 0.2) is 12.1 Å². The summed E-state index contributed by atoms with van der Waals surface area (Å²) in [5.41, 5.74) is -0.285. The molecule has 0 radical (unpaired) electrons. The first-order valence-corrected chi connectivity index (χ1v) is 8.24. The van der Waals surface area contributed by atoms with Crippen molar-refractivity contribution in [1.29, 1.82) is 0 Å². The number of Topliss-reactive ketones (excluding diaryl/α,β-unsaturated/α-hetero) is 2. The summed E-state index contributed by atoms with van der Waals surface area (Å²) in [5, 5.41) is 0. The third-order valence-electron chi connectivity index (χ3n) is 4.85. The molecule has 2 atom stereocenters. The summed E-state index contributed by atoms with van der Waals surface area (Å²) >= 11 is 0. The number of carbonyl (C=O) groups excluding carboxylic acids is 2. The maximum absolute atomic E-state index is 14.7. The summed E-state index contributed by atoms with van der Waals surface area (Å²) in [6.45, 7) is -0.154. The van der Waals surface area contributed by atoms with Gasteiger partial charge in [0, 0.05) is 23.0 Å². The zero-order chi connectivity index (χ0) is 19.1. The van der Waals surface area contributed by atoms with Crippen LogP contribution >= 0.6 is 0 Å². The lowest BCUT2D eigenvalue weighted by Gasteiger charge is -2.27. The molecule has 3 nitrogen and oxygen atoms in total. The van der Waals surface area contributed by atoms with Crippen LogP contribution in [0.2, 0.25) is 0 Å². The van der Waals surface area contributed by atoms with E-state index < -0.39 is 47.4 Å². The summed E-state index contributed by atoms with van der Waals surface area (Å²) in [6.07, 6.45) is -3.11. The Morgan fingerprint density at radius 3 is 2.31 bits per heavy atom. The first-order chi connectivity index (χ1) is 12.2. The minimum absolute atomic E-state index is 0.115. The van der Waals surface area contributed by atoms with Crippen LogP contribution in [0.25, 0.3) is 0 Å². The Balaban J connectivity index is 2.08. The zero-order valence-corrected chi connectivity index (χ0v) is 14.0. The fourth-order valence-corrected chi connectivity index (χ4v) is 3.76. The van der Waals surface area contributed by atoms with Gasteiger partial charge >= 0.3 is 6.18 Å². The van der Waals surface area contributed by atoms with Crippen LogP contribution in [0.4, 0.5) is 17.6 Å². The summed E-state index contributed by atoms with van der Waals surface area (Å²) in [7, 11) is 0. The molecule has 2 bridgehead atoms. The predicted molar refractivity (Wildman–Crippen MR) is 84.1 cm³/mol. The second-order valence-corrected chi connectivity index (χ2v) is 6.59. The van der Waals surface area contributed by atoms with E-state index >= 15 is 0 Å². The molecule has 1 aromatic carbocycles. The zero-order valence-electron chi connectivity index (χ0n) is 14.0. The lowest BCUT2D eigenvalue weighted by molar-refractivity contribution is -0.153. The summed E-state index contributed by atoms with van der Waals surface area (Å²) in [5.74, 6) is 0.681. The average Bonchev–Trinajstić information content (AvgIpc) is 3.00. The smallest absolute Gasteiger partial charge is 0.422 e. The molecule has 26 heavy (non-hydrogen) atoms. The van der Waals surface area contributed by atoms with E-state index in [-0.39, 0.29) is 17.4 Å². The van der Waals surface area contributed by atoms with Crippen LogP contribution in [0.1, 0.15) is 43.2 Å². The molecule has 0 aromatic heterocycles. The molecular formula is C19H16F4O3. The van der Waals surface area contributed by atoms with E-state index in [4.69, 9.17) is 4.74 Å². The molecule has 0 amide bonds. The molecule has 0 aliphatic heterocycles. The Bertz CT molecular complexity index is 795. The van der Waals surface area contributed by atoms with Crippen molar-refractivity contribution in [3.63, 3.8) is 0 Å². The van der Waals surface area contributed by atoms with Gasteiger partial charge in [-0.25, -0.2) is 4.39 Å². The number of ether oxygens (including phenoxy) is 1. The average molecular weight is 368 g/mol. The van der Waals surface area contributed by atoms with Crippen molar-refractivity contribution in [2.75, 3.05) is 6.61 Å². The Morgan fingerprint density at radius 2 is 1.77 bits per heavy atom. The van der Waals surface area contributed by atoms with Crippen LogP contribution in [0.3, 0.4) is 0 Å². The monoisotopic (exact) mass is 368 g/mol. The first kappa shape index (κ1) is 18.4. The van der Waals surface area contributed by atoms with E-state index in [9.17, 15) is 27.2 Å². The minimum atomic E-state index is -4.64. The van der Waals surface area contributed by atoms with Gasteiger partial charge < -0.3 is 4.74 Å². The molecule has 2 aliphatic carbocycles. The van der Waals surface area contributed by atoms with Crippen LogP contribution < -0.4 is 4.74 Å². The van der Waals surface area contributed by atoms with Crippen molar-refractivity contribution in [2.45, 2.75) is 38.3 Å². The molecule has 0 heterocycles. The second kappa shape index (κ2) is 6.75. The Kier molecular flexibility index (Phi) is 4.78. The van der Waals surface area contributed by atoms with Crippen molar-refractivity contribution in [3.8, 4) is 17.6 Å². The lowest BCUT2D eigenvalue weighted by atomic mass is 9.75. The van der Waals surface area contributed by atoms with Crippen molar-refractivity contribution in [1.82, 2.24) is 0 Å². The summed E-state index contributed by atoms with van der Waals surface area (Å²) in [4.78, 5) is 25.2. The Hall–Kier alpha value is -2.36. The number of fused-ring (bicyclic) bond motifs is 2. The molecule has 2 aliphatic rings. The number of ketones is 2. The first-order valence-electron chi connectivity index (χ1n) is 8.24. The van der Waals surface area contributed by atoms with E-state index in [1.54, 1.807) is 0 Å². The van der Waals surface area contributed by atoms with Crippen LogP contribution in [-0.4, -0.2) is 24.3 Å². The van der Waals surface area contributed by atoms with Crippen LogP contribution in [-0.2, 0) is 9.59 Å². The molecule has 2 saturated carbocycles. The van der Waals surface area contributed by atoms with Crippen molar-refractivity contribution in [2.24, 2.45) is 11.8 Å². The van der Waals surface area contributed by atoms with E-state index in [1.165, 1.54) is 6.92 Å². The van der Waals surface area contributed by atoms with Crippen molar-refractivity contribution < 1.29 is 31.9 Å². The third kappa shape index (κ3) is 3.46. The van der Waals surface area contributed by atoms with E-state index in [0.29, 0.717) is 19.3 Å². The molecular weight excluding hydrogens is 352 g/mol. The Labute approximate surface area is 147 Å². The SMILES string of the molecule is CC#Cc1cc(F)c(C2C(=O)C3CCC(C3)C2=O)c(OCC(F)(F)F)c1. The number of alkyl halides is 3. The molecule has 0 N–H and O–H groups in total. The van der Waals surface area contributed by atoms with Gasteiger partial charge in [-0.05, 0) is 38.3 Å². The minimum Gasteiger partial charge on any atom is -0.484 e.